The standard InChI is InChI=1S/C17H14N2O3/c1-11(20)22-15-10-4-2-3-8-13(15)16-18-14-9-6-5-7-12(14)17(21)19-16/h2-7,9-10H,8H2,1H3,(H,18,19,21). The lowest BCUT2D eigenvalue weighted by Crippen LogP contribution is -2.12. The Morgan fingerprint density at radius 2 is 2.09 bits per heavy atom. The highest BCUT2D eigenvalue weighted by atomic mass is 16.5. The summed E-state index contributed by atoms with van der Waals surface area (Å²) in [4.78, 5) is 30.7. The maximum atomic E-state index is 12.2. The number of para-hydroxylation sites is 1. The fourth-order valence-corrected chi connectivity index (χ4v) is 2.30. The third kappa shape index (κ3) is 2.74. The smallest absolute Gasteiger partial charge is 0.308 e. The van der Waals surface area contributed by atoms with Crippen LogP contribution >= 0.6 is 0 Å². The Bertz CT molecular complexity index is 888. The van der Waals surface area contributed by atoms with Crippen LogP contribution in [-0.2, 0) is 9.53 Å². The first-order valence-electron chi connectivity index (χ1n) is 6.89. The van der Waals surface area contributed by atoms with Crippen LogP contribution in [0.5, 0.6) is 0 Å². The molecule has 0 bridgehead atoms. The van der Waals surface area contributed by atoms with Crippen molar-refractivity contribution in [3.05, 3.63) is 70.5 Å². The second-order valence-electron chi connectivity index (χ2n) is 4.86. The Morgan fingerprint density at radius 3 is 2.91 bits per heavy atom. The number of aromatic nitrogens is 2. The number of ether oxygens (including phenoxy) is 1. The Morgan fingerprint density at radius 1 is 1.27 bits per heavy atom. The molecule has 0 saturated heterocycles. The summed E-state index contributed by atoms with van der Waals surface area (Å²) < 4.78 is 5.24. The highest BCUT2D eigenvalue weighted by Crippen LogP contribution is 2.24. The molecule has 5 heteroatoms. The number of rotatable bonds is 2. The highest BCUT2D eigenvalue weighted by Gasteiger charge is 2.15. The molecule has 1 aliphatic rings. The zero-order chi connectivity index (χ0) is 15.5. The fraction of sp³-hybridized carbons (Fsp3) is 0.118. The van der Waals surface area contributed by atoms with Gasteiger partial charge in [-0.25, -0.2) is 4.98 Å². The third-order valence-electron chi connectivity index (χ3n) is 3.27. The summed E-state index contributed by atoms with van der Waals surface area (Å²) in [5, 5.41) is 0.528. The number of benzene rings is 1. The van der Waals surface area contributed by atoms with E-state index in [1.807, 2.05) is 18.2 Å². The molecule has 3 rings (SSSR count). The Balaban J connectivity index is 2.20. The molecule has 0 radical (unpaired) electrons. The van der Waals surface area contributed by atoms with Crippen molar-refractivity contribution in [3.8, 4) is 0 Å². The Labute approximate surface area is 126 Å². The predicted molar refractivity (Wildman–Crippen MR) is 83.9 cm³/mol. The molecule has 0 amide bonds. The number of carbonyl (C=O) groups is 1. The van der Waals surface area contributed by atoms with Crippen molar-refractivity contribution in [2.24, 2.45) is 0 Å². The Hall–Kier alpha value is -2.95. The SMILES string of the molecule is CC(=O)OC1=C(c2nc3ccccc3c(=O)[nH]2)CC=CC=C1. The minimum absolute atomic E-state index is 0.215. The molecular formula is C17H14N2O3. The van der Waals surface area contributed by atoms with Crippen molar-refractivity contribution in [3.63, 3.8) is 0 Å². The van der Waals surface area contributed by atoms with Gasteiger partial charge in [-0.1, -0.05) is 30.4 Å². The maximum absolute atomic E-state index is 12.2. The molecule has 0 fully saturated rings. The molecular weight excluding hydrogens is 280 g/mol. The molecule has 0 spiro atoms. The van der Waals surface area contributed by atoms with Gasteiger partial charge in [0.1, 0.15) is 11.6 Å². The summed E-state index contributed by atoms with van der Waals surface area (Å²) in [6.45, 7) is 1.34. The van der Waals surface area contributed by atoms with Gasteiger partial charge in [0.2, 0.25) is 0 Å². The van der Waals surface area contributed by atoms with E-state index in [0.29, 0.717) is 34.5 Å². The van der Waals surface area contributed by atoms with Gasteiger partial charge < -0.3 is 9.72 Å². The predicted octanol–water partition coefficient (Wildman–Crippen LogP) is 2.71. The van der Waals surface area contributed by atoms with Crippen molar-refractivity contribution < 1.29 is 9.53 Å². The number of nitrogens with one attached hydrogen (secondary N) is 1. The molecule has 0 saturated carbocycles. The highest BCUT2D eigenvalue weighted by molar-refractivity contribution is 5.80. The minimum Gasteiger partial charge on any atom is -0.426 e. The summed E-state index contributed by atoms with van der Waals surface area (Å²) in [5.41, 5.74) is 1.06. The van der Waals surface area contributed by atoms with Gasteiger partial charge >= 0.3 is 5.97 Å². The van der Waals surface area contributed by atoms with Crippen LogP contribution in [0.4, 0.5) is 0 Å². The van der Waals surface area contributed by atoms with Crippen LogP contribution in [0, 0.1) is 0 Å². The summed E-state index contributed by atoms with van der Waals surface area (Å²) in [6.07, 6.45) is 7.75. The van der Waals surface area contributed by atoms with Gasteiger partial charge in [0.15, 0.2) is 0 Å². The molecule has 2 aromatic rings. The third-order valence-corrected chi connectivity index (χ3v) is 3.27. The molecule has 1 aromatic heterocycles. The average Bonchev–Trinajstić information content (AvgIpc) is 2.72. The van der Waals surface area contributed by atoms with E-state index < -0.39 is 5.97 Å². The average molecular weight is 294 g/mol. The summed E-state index contributed by atoms with van der Waals surface area (Å²) in [5.74, 6) is 0.397. The number of H-pyrrole nitrogens is 1. The van der Waals surface area contributed by atoms with Gasteiger partial charge in [-0.05, 0) is 24.6 Å². The first kappa shape index (κ1) is 14.0. The van der Waals surface area contributed by atoms with Crippen LogP contribution in [0.25, 0.3) is 16.5 Å². The van der Waals surface area contributed by atoms with Gasteiger partial charge in [0, 0.05) is 12.5 Å². The lowest BCUT2D eigenvalue weighted by molar-refractivity contribution is -0.136. The normalized spacial score (nSPS) is 14.2. The molecule has 110 valence electrons. The number of hydrogen-bond donors (Lipinski definition) is 1. The lowest BCUT2D eigenvalue weighted by Gasteiger charge is -2.10. The first-order valence-corrected chi connectivity index (χ1v) is 6.89. The molecule has 1 aromatic carbocycles. The van der Waals surface area contributed by atoms with E-state index in [-0.39, 0.29) is 5.56 Å². The van der Waals surface area contributed by atoms with Crippen molar-refractivity contribution in [1.29, 1.82) is 0 Å². The fourth-order valence-electron chi connectivity index (χ4n) is 2.30. The number of aromatic amines is 1. The number of allylic oxidation sites excluding steroid dienone is 5. The Kier molecular flexibility index (Phi) is 3.70. The molecule has 5 nitrogen and oxygen atoms in total. The lowest BCUT2D eigenvalue weighted by atomic mass is 10.1. The van der Waals surface area contributed by atoms with Crippen molar-refractivity contribution in [2.45, 2.75) is 13.3 Å². The van der Waals surface area contributed by atoms with E-state index >= 15 is 0 Å². The van der Waals surface area contributed by atoms with Crippen molar-refractivity contribution >= 4 is 22.4 Å². The zero-order valence-electron chi connectivity index (χ0n) is 12.0. The van der Waals surface area contributed by atoms with Gasteiger partial charge in [-0.15, -0.1) is 0 Å². The van der Waals surface area contributed by atoms with E-state index in [1.54, 1.807) is 30.4 Å². The number of fused-ring (bicyclic) bond motifs is 1. The van der Waals surface area contributed by atoms with E-state index in [4.69, 9.17) is 4.74 Å². The molecule has 1 N–H and O–H groups in total. The minimum atomic E-state index is -0.415. The van der Waals surface area contributed by atoms with Gasteiger partial charge in [-0.3, -0.25) is 9.59 Å². The van der Waals surface area contributed by atoms with Gasteiger partial charge in [-0.2, -0.15) is 0 Å². The summed E-state index contributed by atoms with van der Waals surface area (Å²) in [6, 6.07) is 7.12. The van der Waals surface area contributed by atoms with Crippen LogP contribution in [0.3, 0.4) is 0 Å². The van der Waals surface area contributed by atoms with Crippen molar-refractivity contribution in [2.75, 3.05) is 0 Å². The van der Waals surface area contributed by atoms with E-state index in [0.717, 1.165) is 0 Å². The van der Waals surface area contributed by atoms with Crippen LogP contribution in [0.2, 0.25) is 0 Å². The van der Waals surface area contributed by atoms with Crippen molar-refractivity contribution in [1.82, 2.24) is 9.97 Å². The molecule has 22 heavy (non-hydrogen) atoms. The van der Waals surface area contributed by atoms with Crippen LogP contribution < -0.4 is 5.56 Å². The summed E-state index contributed by atoms with van der Waals surface area (Å²) >= 11 is 0. The van der Waals surface area contributed by atoms with Crippen LogP contribution in [0.15, 0.2) is 59.1 Å². The van der Waals surface area contributed by atoms with Gasteiger partial charge in [0.05, 0.1) is 10.9 Å². The van der Waals surface area contributed by atoms with Crippen LogP contribution in [0.1, 0.15) is 19.2 Å². The first-order chi connectivity index (χ1) is 10.6. The largest absolute Gasteiger partial charge is 0.426 e. The second-order valence-corrected chi connectivity index (χ2v) is 4.86. The van der Waals surface area contributed by atoms with E-state index in [1.165, 1.54) is 6.92 Å². The summed E-state index contributed by atoms with van der Waals surface area (Å²) in [7, 11) is 0. The number of hydrogen-bond acceptors (Lipinski definition) is 4. The maximum Gasteiger partial charge on any atom is 0.308 e. The number of nitrogens with zero attached hydrogens (tertiary/aromatic N) is 1. The number of esters is 1. The zero-order valence-corrected chi connectivity index (χ0v) is 12.0. The van der Waals surface area contributed by atoms with E-state index in [2.05, 4.69) is 9.97 Å². The molecule has 1 aliphatic carbocycles. The quantitative estimate of drug-likeness (QED) is 0.864. The van der Waals surface area contributed by atoms with Gasteiger partial charge in [0.25, 0.3) is 5.56 Å². The molecule has 0 atom stereocenters. The number of carbonyl (C=O) groups excluding carboxylic acids is 1. The molecule has 0 unspecified atom stereocenters. The van der Waals surface area contributed by atoms with E-state index in [9.17, 15) is 9.59 Å². The second kappa shape index (κ2) is 5.81. The monoisotopic (exact) mass is 294 g/mol. The molecule has 0 aliphatic heterocycles. The topological polar surface area (TPSA) is 72.0 Å². The molecule has 1 heterocycles. The van der Waals surface area contributed by atoms with Crippen LogP contribution in [-0.4, -0.2) is 15.9 Å².